The van der Waals surface area contributed by atoms with Crippen LogP contribution in [0.1, 0.15) is 116 Å². The first-order chi connectivity index (χ1) is 14.2. The minimum Gasteiger partial charge on any atom is -0.339 e. The first-order valence-corrected chi connectivity index (χ1v) is 10.8. The van der Waals surface area contributed by atoms with Gasteiger partial charge in [-0.1, -0.05) is 65.7 Å². The second-order valence-electron chi connectivity index (χ2n) is 9.13. The summed E-state index contributed by atoms with van der Waals surface area (Å²) in [5.74, 6) is 0.0499. The third-order valence-electron chi connectivity index (χ3n) is 4.34. The highest BCUT2D eigenvalue weighted by molar-refractivity contribution is 5.84. The summed E-state index contributed by atoms with van der Waals surface area (Å²) in [6, 6.07) is 0. The summed E-state index contributed by atoms with van der Waals surface area (Å²) in [5, 5.41) is 7.02. The molecule has 2 heterocycles. The topological polar surface area (TPSA) is 94.9 Å². The molecule has 0 radical (unpaired) electrons. The van der Waals surface area contributed by atoms with Crippen LogP contribution in [-0.2, 0) is 10.7 Å². The van der Waals surface area contributed by atoms with Gasteiger partial charge in [-0.15, -0.1) is 0 Å². The van der Waals surface area contributed by atoms with Crippen molar-refractivity contribution in [2.75, 3.05) is 0 Å². The van der Waals surface area contributed by atoms with Crippen molar-refractivity contribution in [3.05, 3.63) is 23.4 Å². The van der Waals surface area contributed by atoms with Crippen LogP contribution in [0.2, 0.25) is 0 Å². The van der Waals surface area contributed by atoms with Crippen molar-refractivity contribution in [3.8, 4) is 0 Å². The van der Waals surface area contributed by atoms with Gasteiger partial charge in [-0.25, -0.2) is 0 Å². The van der Waals surface area contributed by atoms with E-state index in [0.29, 0.717) is 23.5 Å². The van der Waals surface area contributed by atoms with Crippen LogP contribution in [0.25, 0.3) is 0 Å². The molecule has 0 N–H and O–H groups in total. The molecule has 7 nitrogen and oxygen atoms in total. The summed E-state index contributed by atoms with van der Waals surface area (Å²) >= 11 is 0. The lowest BCUT2D eigenvalue weighted by Gasteiger charge is -2.01. The maximum atomic E-state index is 12.5. The van der Waals surface area contributed by atoms with E-state index in [0.717, 1.165) is 31.5 Å². The molecule has 1 aliphatic rings. The van der Waals surface area contributed by atoms with Crippen LogP contribution >= 0.6 is 0 Å². The number of aromatic nitrogens is 4. The Morgan fingerprint density at radius 3 is 1.58 bits per heavy atom. The molecule has 1 aliphatic carbocycles. The molecule has 1 fully saturated rings. The Balaban J connectivity index is 0.000000237. The molecule has 0 spiro atoms. The fourth-order valence-corrected chi connectivity index (χ4v) is 2.20. The molecule has 9 heteroatoms. The van der Waals surface area contributed by atoms with Crippen LogP contribution in [0.3, 0.4) is 0 Å². The zero-order valence-corrected chi connectivity index (χ0v) is 20.1. The lowest BCUT2D eigenvalue weighted by molar-refractivity contribution is -0.123. The molecule has 3 rings (SSSR count). The number of alkyl halides is 2. The molecular weight excluding hydrogens is 406 g/mol. The first kappa shape index (κ1) is 26.8. The highest BCUT2D eigenvalue weighted by Gasteiger charge is 2.31. The molecular formula is C22H36F2N4O3. The monoisotopic (exact) mass is 442 g/mol. The van der Waals surface area contributed by atoms with Gasteiger partial charge in [-0.3, -0.25) is 4.79 Å². The van der Waals surface area contributed by atoms with Crippen molar-refractivity contribution >= 4 is 5.78 Å². The van der Waals surface area contributed by atoms with E-state index in [-0.39, 0.29) is 17.7 Å². The molecule has 0 bridgehead atoms. The normalized spacial score (nSPS) is 13.9. The van der Waals surface area contributed by atoms with Gasteiger partial charge in [0.15, 0.2) is 5.82 Å². The predicted molar refractivity (Wildman–Crippen MR) is 113 cm³/mol. The highest BCUT2D eigenvalue weighted by Crippen LogP contribution is 2.32. The Bertz CT molecular complexity index is 777. The van der Waals surface area contributed by atoms with Crippen LogP contribution in [0.15, 0.2) is 9.05 Å². The second-order valence-corrected chi connectivity index (χ2v) is 9.13. The number of ketones is 1. The Labute approximate surface area is 183 Å². The van der Waals surface area contributed by atoms with Gasteiger partial charge in [0.1, 0.15) is 5.78 Å². The van der Waals surface area contributed by atoms with Crippen LogP contribution in [0.4, 0.5) is 8.78 Å². The summed E-state index contributed by atoms with van der Waals surface area (Å²) in [6.07, 6.45) is 2.30. The Hall–Kier alpha value is -2.19. The van der Waals surface area contributed by atoms with Crippen LogP contribution in [-0.4, -0.2) is 26.1 Å². The second kappa shape index (κ2) is 11.4. The van der Waals surface area contributed by atoms with Gasteiger partial charge in [-0.05, 0) is 12.8 Å². The number of hydrogen-bond acceptors (Lipinski definition) is 7. The van der Waals surface area contributed by atoms with Gasteiger partial charge in [0.05, 0.1) is 0 Å². The van der Waals surface area contributed by atoms with E-state index < -0.39 is 11.7 Å². The average molecular weight is 443 g/mol. The molecule has 0 unspecified atom stereocenters. The minimum absolute atomic E-state index is 0.0198. The van der Waals surface area contributed by atoms with Gasteiger partial charge in [0.2, 0.25) is 17.6 Å². The van der Waals surface area contributed by atoms with Gasteiger partial charge in [0.25, 0.3) is 0 Å². The van der Waals surface area contributed by atoms with E-state index in [2.05, 4.69) is 38.7 Å². The molecule has 1 saturated carbocycles. The van der Waals surface area contributed by atoms with Gasteiger partial charge >= 0.3 is 5.92 Å². The highest BCUT2D eigenvalue weighted by atomic mass is 19.3. The molecule has 0 aromatic carbocycles. The molecule has 2 aromatic rings. The number of carbonyl (C=O) groups excluding carboxylic acids is 1. The summed E-state index contributed by atoms with van der Waals surface area (Å²) in [5.41, 5.74) is 0. The lowest BCUT2D eigenvalue weighted by atomic mass is 10.1. The van der Waals surface area contributed by atoms with E-state index in [1.165, 1.54) is 0 Å². The fraction of sp³-hybridized carbons (Fsp3) is 0.773. The number of hydrogen-bond donors (Lipinski definition) is 0. The zero-order valence-electron chi connectivity index (χ0n) is 20.1. The summed E-state index contributed by atoms with van der Waals surface area (Å²) < 4.78 is 34.7. The molecule has 176 valence electrons. The summed E-state index contributed by atoms with van der Waals surface area (Å²) in [6.45, 7) is 16.5. The molecule has 0 amide bonds. The van der Waals surface area contributed by atoms with Crippen LogP contribution in [0, 0.1) is 11.8 Å². The van der Waals surface area contributed by atoms with Crippen molar-refractivity contribution in [3.63, 3.8) is 0 Å². The van der Waals surface area contributed by atoms with Crippen molar-refractivity contribution in [2.24, 2.45) is 11.8 Å². The van der Waals surface area contributed by atoms with E-state index in [1.807, 2.05) is 27.7 Å². The van der Waals surface area contributed by atoms with E-state index >= 15 is 0 Å². The predicted octanol–water partition coefficient (Wildman–Crippen LogP) is 6.24. The standard InChI is InChI=1S/C8H14N2O.C7H10F2N2O.C7H12O/c1-5(2)7-9-8(6(3)4)11-10-7;1-4(2)5-10-6(11-12-5)7(3,8)9;1-5(2)7(8)6-3-4-6/h5-6H,1-4H3;4H,1-3H3;5-6H,3-4H2,1-2H3. The number of Topliss-reactive ketones (excluding diaryl/α,β-unsaturated/α-hetero) is 1. The average Bonchev–Trinajstić information content (AvgIpc) is 3.17. The Morgan fingerprint density at radius 1 is 0.871 bits per heavy atom. The largest absolute Gasteiger partial charge is 0.339 e. The minimum atomic E-state index is -3.02. The van der Waals surface area contributed by atoms with Gasteiger partial charge in [0, 0.05) is 36.5 Å². The third kappa shape index (κ3) is 9.23. The molecule has 0 atom stereocenters. The summed E-state index contributed by atoms with van der Waals surface area (Å²) in [7, 11) is 0. The van der Waals surface area contributed by atoms with Crippen molar-refractivity contribution in [2.45, 2.75) is 98.8 Å². The van der Waals surface area contributed by atoms with Gasteiger partial charge in [-0.2, -0.15) is 18.7 Å². The Kier molecular flexibility index (Phi) is 9.90. The molecule has 31 heavy (non-hydrogen) atoms. The maximum absolute atomic E-state index is 12.5. The summed E-state index contributed by atoms with van der Waals surface area (Å²) in [4.78, 5) is 18.7. The number of carbonyl (C=O) groups is 1. The maximum Gasteiger partial charge on any atom is 0.307 e. The molecule has 0 saturated heterocycles. The fourth-order valence-electron chi connectivity index (χ4n) is 2.20. The first-order valence-electron chi connectivity index (χ1n) is 10.8. The Morgan fingerprint density at radius 2 is 1.35 bits per heavy atom. The molecule has 0 aliphatic heterocycles. The number of rotatable bonds is 6. The third-order valence-corrected chi connectivity index (χ3v) is 4.34. The SMILES string of the molecule is CC(C)C(=O)C1CC1.CC(C)c1nc(C(C)(F)F)no1.CC(C)c1noc(C(C)C)n1. The zero-order chi connectivity index (χ0) is 23.9. The van der Waals surface area contributed by atoms with Crippen molar-refractivity contribution < 1.29 is 22.6 Å². The quantitative estimate of drug-likeness (QED) is 0.522. The van der Waals surface area contributed by atoms with Crippen LogP contribution < -0.4 is 0 Å². The molecule has 2 aromatic heterocycles. The van der Waals surface area contributed by atoms with Crippen LogP contribution in [0.5, 0.6) is 0 Å². The smallest absolute Gasteiger partial charge is 0.307 e. The lowest BCUT2D eigenvalue weighted by Crippen LogP contribution is -2.09. The van der Waals surface area contributed by atoms with E-state index in [1.54, 1.807) is 13.8 Å². The van der Waals surface area contributed by atoms with E-state index in [9.17, 15) is 13.6 Å². The van der Waals surface area contributed by atoms with Gasteiger partial charge < -0.3 is 9.05 Å². The number of halogens is 2. The van der Waals surface area contributed by atoms with E-state index in [4.69, 9.17) is 4.52 Å². The number of nitrogens with zero attached hydrogens (tertiary/aromatic N) is 4. The van der Waals surface area contributed by atoms with Crippen molar-refractivity contribution in [1.82, 2.24) is 20.3 Å². The van der Waals surface area contributed by atoms with Crippen molar-refractivity contribution in [1.29, 1.82) is 0 Å².